The molecule has 0 aliphatic heterocycles. The topological polar surface area (TPSA) is 43.4 Å². The average molecular weight is 317 g/mol. The molecule has 0 aliphatic carbocycles. The van der Waals surface area contributed by atoms with Gasteiger partial charge in [-0.3, -0.25) is 4.18 Å². The van der Waals surface area contributed by atoms with Crippen molar-refractivity contribution in [3.05, 3.63) is 0 Å². The Hall–Kier alpha value is -0.530. The van der Waals surface area contributed by atoms with E-state index >= 15 is 0 Å². The largest absolute Gasteiger partial charge is 0.265 e. The van der Waals surface area contributed by atoms with Gasteiger partial charge in [0.1, 0.15) is 6.61 Å². The monoisotopic (exact) mass is 316 g/mol. The summed E-state index contributed by atoms with van der Waals surface area (Å²) in [6.07, 6.45) is 16.5. The van der Waals surface area contributed by atoms with E-state index in [4.69, 9.17) is 0 Å². The maximum absolute atomic E-state index is 10.7. The molecule has 0 N–H and O–H groups in total. The van der Waals surface area contributed by atoms with Gasteiger partial charge >= 0.3 is 0 Å². The summed E-state index contributed by atoms with van der Waals surface area (Å²) in [5, 5.41) is 0. The Bertz CT molecular complexity index is 377. The molecule has 0 amide bonds. The van der Waals surface area contributed by atoms with Crippen LogP contribution in [-0.4, -0.2) is 21.3 Å². The highest BCUT2D eigenvalue weighted by Gasteiger charge is 1.97. The highest BCUT2D eigenvalue weighted by atomic mass is 32.2. The van der Waals surface area contributed by atoms with Gasteiger partial charge in [-0.25, -0.2) is 0 Å². The second-order valence-electron chi connectivity index (χ2n) is 5.61. The fourth-order valence-corrected chi connectivity index (χ4v) is 2.43. The molecule has 0 aromatic carbocycles. The summed E-state index contributed by atoms with van der Waals surface area (Å²) in [6.45, 7) is 2.24. The molecule has 0 bridgehead atoms. The molecule has 124 valence electrons. The molecule has 4 heteroatoms. The normalized spacial score (nSPS) is 11.1. The summed E-state index contributed by atoms with van der Waals surface area (Å²) in [7, 11) is -3.34. The first-order valence-corrected chi connectivity index (χ1v) is 10.2. The van der Waals surface area contributed by atoms with Crippen LogP contribution in [-0.2, 0) is 14.3 Å². The van der Waals surface area contributed by atoms with E-state index in [-0.39, 0.29) is 6.61 Å². The van der Waals surface area contributed by atoms with Gasteiger partial charge < -0.3 is 0 Å². The van der Waals surface area contributed by atoms with Crippen molar-refractivity contribution in [3.8, 4) is 11.8 Å². The Morgan fingerprint density at radius 2 is 1.24 bits per heavy atom. The summed E-state index contributed by atoms with van der Waals surface area (Å²) >= 11 is 0. The molecule has 0 aromatic heterocycles. The first-order valence-electron chi connectivity index (χ1n) is 8.36. The molecule has 21 heavy (non-hydrogen) atoms. The molecule has 0 aliphatic rings. The lowest BCUT2D eigenvalue weighted by Crippen LogP contribution is -2.02. The number of hydrogen-bond acceptors (Lipinski definition) is 3. The van der Waals surface area contributed by atoms with Crippen LogP contribution in [0.25, 0.3) is 0 Å². The third-order valence-corrected chi connectivity index (χ3v) is 3.92. The lowest BCUT2D eigenvalue weighted by atomic mass is 10.1. The molecular weight excluding hydrogens is 284 g/mol. The number of hydrogen-bond donors (Lipinski definition) is 0. The summed E-state index contributed by atoms with van der Waals surface area (Å²) in [5.74, 6) is 5.68. The molecule has 0 saturated carbocycles. The standard InChI is InChI=1S/C17H32O3S/c1-3-4-5-6-7-8-9-10-11-12-13-14-15-16-17-20-21(2,18)19/h3-14,17H2,1-2H3. The smallest absolute Gasteiger partial charge is 0.257 e. The first kappa shape index (κ1) is 20.5. The highest BCUT2D eigenvalue weighted by Crippen LogP contribution is 2.11. The molecule has 3 nitrogen and oxygen atoms in total. The molecule has 0 saturated heterocycles. The van der Waals surface area contributed by atoms with Crippen LogP contribution in [0.1, 0.15) is 84.0 Å². The van der Waals surface area contributed by atoms with Crippen LogP contribution < -0.4 is 0 Å². The van der Waals surface area contributed by atoms with Crippen LogP contribution in [0.3, 0.4) is 0 Å². The van der Waals surface area contributed by atoms with Gasteiger partial charge in [-0.05, 0) is 6.42 Å². The van der Waals surface area contributed by atoms with Gasteiger partial charge in [0.2, 0.25) is 0 Å². The van der Waals surface area contributed by atoms with Crippen molar-refractivity contribution in [2.45, 2.75) is 84.0 Å². The van der Waals surface area contributed by atoms with Gasteiger partial charge in [0.15, 0.2) is 0 Å². The highest BCUT2D eigenvalue weighted by molar-refractivity contribution is 7.85. The van der Waals surface area contributed by atoms with Crippen molar-refractivity contribution in [2.75, 3.05) is 12.9 Å². The second-order valence-corrected chi connectivity index (χ2v) is 7.25. The van der Waals surface area contributed by atoms with E-state index in [0.29, 0.717) is 0 Å². The van der Waals surface area contributed by atoms with Crippen LogP contribution in [0.15, 0.2) is 0 Å². The minimum atomic E-state index is -3.34. The Balaban J connectivity index is 3.17. The molecule has 0 aromatic rings. The van der Waals surface area contributed by atoms with Crippen molar-refractivity contribution >= 4 is 10.1 Å². The van der Waals surface area contributed by atoms with Gasteiger partial charge in [0.25, 0.3) is 10.1 Å². The quantitative estimate of drug-likeness (QED) is 0.282. The fourth-order valence-electron chi connectivity index (χ4n) is 2.15. The van der Waals surface area contributed by atoms with E-state index in [9.17, 15) is 8.42 Å². The van der Waals surface area contributed by atoms with Gasteiger partial charge in [0.05, 0.1) is 6.26 Å². The van der Waals surface area contributed by atoms with Crippen molar-refractivity contribution in [3.63, 3.8) is 0 Å². The van der Waals surface area contributed by atoms with E-state index < -0.39 is 10.1 Å². The molecule has 0 unspecified atom stereocenters. The van der Waals surface area contributed by atoms with Crippen molar-refractivity contribution < 1.29 is 12.6 Å². The Kier molecular flexibility index (Phi) is 14.0. The Morgan fingerprint density at radius 1 is 0.762 bits per heavy atom. The molecule has 0 heterocycles. The molecule has 0 radical (unpaired) electrons. The predicted octanol–water partition coefficient (Wildman–Crippen LogP) is 4.67. The van der Waals surface area contributed by atoms with Crippen LogP contribution in [0.5, 0.6) is 0 Å². The minimum absolute atomic E-state index is 0.0170. The van der Waals surface area contributed by atoms with Crippen molar-refractivity contribution in [2.24, 2.45) is 0 Å². The Morgan fingerprint density at radius 3 is 1.71 bits per heavy atom. The van der Waals surface area contributed by atoms with Crippen molar-refractivity contribution in [1.82, 2.24) is 0 Å². The first-order chi connectivity index (χ1) is 10.1. The number of unbranched alkanes of at least 4 members (excludes halogenated alkanes) is 11. The summed E-state index contributed by atoms with van der Waals surface area (Å²) in [4.78, 5) is 0. The lowest BCUT2D eigenvalue weighted by Gasteiger charge is -2.01. The van der Waals surface area contributed by atoms with Gasteiger partial charge in [0, 0.05) is 6.42 Å². The molecule has 0 rings (SSSR count). The van der Waals surface area contributed by atoms with E-state index in [1.807, 2.05) is 0 Å². The maximum Gasteiger partial charge on any atom is 0.265 e. The second kappa shape index (κ2) is 14.4. The molecule has 0 atom stereocenters. The van der Waals surface area contributed by atoms with E-state index in [2.05, 4.69) is 22.9 Å². The fraction of sp³-hybridized carbons (Fsp3) is 0.882. The molecule has 0 spiro atoms. The average Bonchev–Trinajstić information content (AvgIpc) is 2.42. The van der Waals surface area contributed by atoms with E-state index in [0.717, 1.165) is 19.1 Å². The van der Waals surface area contributed by atoms with Crippen LogP contribution in [0.4, 0.5) is 0 Å². The van der Waals surface area contributed by atoms with Crippen LogP contribution in [0.2, 0.25) is 0 Å². The number of rotatable bonds is 13. The zero-order valence-electron chi connectivity index (χ0n) is 13.8. The SMILES string of the molecule is CCCCCCCCCCCCCC#CCOS(C)(=O)=O. The van der Waals surface area contributed by atoms with E-state index in [1.54, 1.807) is 0 Å². The third kappa shape index (κ3) is 19.5. The Labute approximate surface area is 132 Å². The zero-order valence-corrected chi connectivity index (χ0v) is 14.6. The van der Waals surface area contributed by atoms with Crippen LogP contribution >= 0.6 is 0 Å². The molecular formula is C17H32O3S. The molecule has 0 fully saturated rings. The predicted molar refractivity (Wildman–Crippen MR) is 89.6 cm³/mol. The zero-order chi connectivity index (χ0) is 15.8. The summed E-state index contributed by atoms with van der Waals surface area (Å²) < 4.78 is 25.9. The lowest BCUT2D eigenvalue weighted by molar-refractivity contribution is 0.367. The third-order valence-electron chi connectivity index (χ3n) is 3.38. The summed E-state index contributed by atoms with van der Waals surface area (Å²) in [6, 6.07) is 0. The van der Waals surface area contributed by atoms with Gasteiger partial charge in [-0.1, -0.05) is 77.1 Å². The van der Waals surface area contributed by atoms with Crippen LogP contribution in [0, 0.1) is 11.8 Å². The minimum Gasteiger partial charge on any atom is -0.257 e. The van der Waals surface area contributed by atoms with Gasteiger partial charge in [-0.2, -0.15) is 8.42 Å². The summed E-state index contributed by atoms with van der Waals surface area (Å²) in [5.41, 5.74) is 0. The van der Waals surface area contributed by atoms with Crippen molar-refractivity contribution in [1.29, 1.82) is 0 Å². The maximum atomic E-state index is 10.7. The van der Waals surface area contributed by atoms with E-state index in [1.165, 1.54) is 64.2 Å². The van der Waals surface area contributed by atoms with Gasteiger partial charge in [-0.15, -0.1) is 5.92 Å².